The van der Waals surface area contributed by atoms with Crippen molar-refractivity contribution in [3.8, 4) is 5.75 Å². The molecule has 0 fully saturated rings. The van der Waals surface area contributed by atoms with Crippen molar-refractivity contribution in [1.82, 2.24) is 10.3 Å². The molecule has 154 valence electrons. The van der Waals surface area contributed by atoms with Crippen LogP contribution in [0.4, 0.5) is 8.78 Å². The Labute approximate surface area is 169 Å². The van der Waals surface area contributed by atoms with Crippen molar-refractivity contribution in [3.05, 3.63) is 75.3 Å². The van der Waals surface area contributed by atoms with Crippen LogP contribution in [0.5, 0.6) is 5.75 Å². The maximum absolute atomic E-state index is 14.0. The van der Waals surface area contributed by atoms with E-state index in [1.807, 2.05) is 0 Å². The minimum atomic E-state index is -0.665. The fraction of sp³-hybridized carbons (Fsp3) is 0.182. The van der Waals surface area contributed by atoms with Gasteiger partial charge in [0.2, 0.25) is 0 Å². The molecule has 4 aromatic rings. The van der Waals surface area contributed by atoms with Crippen molar-refractivity contribution < 1.29 is 22.7 Å². The summed E-state index contributed by atoms with van der Waals surface area (Å²) in [6, 6.07) is 8.06. The normalized spacial score (nSPS) is 11.2. The minimum Gasteiger partial charge on any atom is -0.497 e. The van der Waals surface area contributed by atoms with Gasteiger partial charge in [-0.2, -0.15) is 0 Å². The summed E-state index contributed by atoms with van der Waals surface area (Å²) in [6.07, 6.45) is 0.355. The number of rotatable bonds is 5. The Kier molecular flexibility index (Phi) is 4.99. The molecule has 30 heavy (non-hydrogen) atoms. The van der Waals surface area contributed by atoms with E-state index in [0.29, 0.717) is 34.2 Å². The number of ether oxygens (including phenoxy) is 1. The van der Waals surface area contributed by atoms with Crippen molar-refractivity contribution in [2.24, 2.45) is 0 Å². The van der Waals surface area contributed by atoms with Gasteiger partial charge in [0.1, 0.15) is 23.0 Å². The third-order valence-electron chi connectivity index (χ3n) is 5.00. The molecule has 0 aliphatic carbocycles. The summed E-state index contributed by atoms with van der Waals surface area (Å²) in [7, 11) is 1.49. The molecule has 2 aromatic carbocycles. The van der Waals surface area contributed by atoms with Crippen LogP contribution in [-0.2, 0) is 6.42 Å². The summed E-state index contributed by atoms with van der Waals surface area (Å²) in [6.45, 7) is 1.97. The van der Waals surface area contributed by atoms with Crippen molar-refractivity contribution in [1.29, 1.82) is 0 Å². The number of benzene rings is 2. The monoisotopic (exact) mass is 412 g/mol. The van der Waals surface area contributed by atoms with Gasteiger partial charge >= 0.3 is 5.63 Å². The first-order valence-electron chi connectivity index (χ1n) is 9.23. The van der Waals surface area contributed by atoms with Gasteiger partial charge in [-0.1, -0.05) is 0 Å². The molecule has 0 aliphatic rings. The van der Waals surface area contributed by atoms with Crippen molar-refractivity contribution in [2.45, 2.75) is 13.3 Å². The van der Waals surface area contributed by atoms with E-state index in [-0.39, 0.29) is 23.2 Å². The van der Waals surface area contributed by atoms with Gasteiger partial charge in [-0.25, -0.2) is 13.6 Å². The smallest absolute Gasteiger partial charge is 0.337 e. The molecule has 2 N–H and O–H groups in total. The summed E-state index contributed by atoms with van der Waals surface area (Å²) in [5, 5.41) is 3.67. The number of halogens is 2. The highest BCUT2D eigenvalue weighted by molar-refractivity contribution is 6.05. The van der Waals surface area contributed by atoms with Crippen molar-refractivity contribution in [2.75, 3.05) is 13.7 Å². The fourth-order valence-electron chi connectivity index (χ4n) is 3.58. The molecule has 2 heterocycles. The van der Waals surface area contributed by atoms with Gasteiger partial charge in [0.25, 0.3) is 5.91 Å². The lowest BCUT2D eigenvalue weighted by atomic mass is 10.1. The Hall–Kier alpha value is -3.68. The zero-order valence-corrected chi connectivity index (χ0v) is 16.3. The summed E-state index contributed by atoms with van der Waals surface area (Å²) in [5.41, 5.74) is 1.41. The lowest BCUT2D eigenvalue weighted by Gasteiger charge is -2.08. The molecule has 4 rings (SSSR count). The SMILES string of the molecule is COc1ccc2c(C(=O)NCCc3c(C)[nH]c4c(F)cc(F)cc34)cc(=O)oc2c1. The number of hydrogen-bond donors (Lipinski definition) is 2. The summed E-state index contributed by atoms with van der Waals surface area (Å²) in [4.78, 5) is 27.5. The van der Waals surface area contributed by atoms with Crippen LogP contribution in [0.3, 0.4) is 0 Å². The number of aryl methyl sites for hydroxylation is 1. The number of carbonyl (C=O) groups is 1. The van der Waals surface area contributed by atoms with E-state index in [0.717, 1.165) is 12.1 Å². The van der Waals surface area contributed by atoms with Crippen molar-refractivity contribution in [3.63, 3.8) is 0 Å². The number of nitrogens with one attached hydrogen (secondary N) is 2. The van der Waals surface area contributed by atoms with Crippen LogP contribution < -0.4 is 15.7 Å². The van der Waals surface area contributed by atoms with E-state index < -0.39 is 23.2 Å². The average Bonchev–Trinajstić information content (AvgIpc) is 3.02. The van der Waals surface area contributed by atoms with E-state index in [1.54, 1.807) is 19.1 Å². The van der Waals surface area contributed by atoms with Crippen LogP contribution in [0.1, 0.15) is 21.6 Å². The topological polar surface area (TPSA) is 84.3 Å². The van der Waals surface area contributed by atoms with E-state index in [4.69, 9.17) is 9.15 Å². The zero-order chi connectivity index (χ0) is 21.4. The van der Waals surface area contributed by atoms with Gasteiger partial charge in [-0.05, 0) is 37.1 Å². The molecule has 0 spiro atoms. The predicted octanol–water partition coefficient (Wildman–Crippen LogP) is 3.84. The molecule has 2 aromatic heterocycles. The van der Waals surface area contributed by atoms with Crippen LogP contribution in [0.25, 0.3) is 21.9 Å². The third kappa shape index (κ3) is 3.52. The first-order chi connectivity index (χ1) is 14.4. The first kappa shape index (κ1) is 19.6. The molecule has 0 atom stereocenters. The predicted molar refractivity (Wildman–Crippen MR) is 108 cm³/mol. The maximum atomic E-state index is 14.0. The lowest BCUT2D eigenvalue weighted by Crippen LogP contribution is -2.27. The van der Waals surface area contributed by atoms with Crippen LogP contribution in [-0.4, -0.2) is 24.5 Å². The number of hydrogen-bond acceptors (Lipinski definition) is 4. The van der Waals surface area contributed by atoms with E-state index in [1.165, 1.54) is 19.2 Å². The highest BCUT2D eigenvalue weighted by Crippen LogP contribution is 2.26. The molecule has 0 saturated carbocycles. The number of aromatic amines is 1. The van der Waals surface area contributed by atoms with Gasteiger partial charge in [0.15, 0.2) is 0 Å². The summed E-state index contributed by atoms with van der Waals surface area (Å²) < 4.78 is 37.9. The highest BCUT2D eigenvalue weighted by atomic mass is 19.1. The number of amides is 1. The van der Waals surface area contributed by atoms with Crippen molar-refractivity contribution >= 4 is 27.8 Å². The molecule has 0 radical (unpaired) electrons. The maximum Gasteiger partial charge on any atom is 0.337 e. The molecular weight excluding hydrogens is 394 g/mol. The third-order valence-corrected chi connectivity index (χ3v) is 5.00. The van der Waals surface area contributed by atoms with Gasteiger partial charge < -0.3 is 19.5 Å². The molecule has 6 nitrogen and oxygen atoms in total. The van der Waals surface area contributed by atoms with Crippen LogP contribution in [0.2, 0.25) is 0 Å². The Morgan fingerprint density at radius 1 is 1.17 bits per heavy atom. The highest BCUT2D eigenvalue weighted by Gasteiger charge is 2.16. The molecule has 0 saturated heterocycles. The van der Waals surface area contributed by atoms with E-state index >= 15 is 0 Å². The number of fused-ring (bicyclic) bond motifs is 2. The molecule has 0 unspecified atom stereocenters. The molecule has 0 bridgehead atoms. The van der Waals surface area contributed by atoms with Gasteiger partial charge in [0, 0.05) is 41.2 Å². The lowest BCUT2D eigenvalue weighted by molar-refractivity contribution is 0.0955. The number of aromatic nitrogens is 1. The Balaban J connectivity index is 1.57. The van der Waals surface area contributed by atoms with Gasteiger partial charge in [0.05, 0.1) is 18.2 Å². The average molecular weight is 412 g/mol. The van der Waals surface area contributed by atoms with Gasteiger partial charge in [-0.3, -0.25) is 4.79 Å². The Bertz CT molecular complexity index is 1340. The largest absolute Gasteiger partial charge is 0.497 e. The summed E-state index contributed by atoms with van der Waals surface area (Å²) >= 11 is 0. The zero-order valence-electron chi connectivity index (χ0n) is 16.3. The second-order valence-electron chi connectivity index (χ2n) is 6.89. The molecule has 8 heteroatoms. The number of methoxy groups -OCH3 is 1. The molecular formula is C22H18F2N2O4. The number of carbonyl (C=O) groups excluding carboxylic acids is 1. The molecule has 1 amide bonds. The van der Waals surface area contributed by atoms with Crippen LogP contribution in [0, 0.1) is 18.6 Å². The first-order valence-corrected chi connectivity index (χ1v) is 9.23. The fourth-order valence-corrected chi connectivity index (χ4v) is 3.58. The Morgan fingerprint density at radius 3 is 2.73 bits per heavy atom. The summed E-state index contributed by atoms with van der Waals surface area (Å²) in [5.74, 6) is -1.28. The second-order valence-corrected chi connectivity index (χ2v) is 6.89. The van der Waals surface area contributed by atoms with E-state index in [2.05, 4.69) is 10.3 Å². The molecule has 0 aliphatic heterocycles. The Morgan fingerprint density at radius 2 is 1.97 bits per heavy atom. The standard InChI is InChI=1S/C22H18F2N2O4/c1-11-14(16-7-12(23)8-18(24)21(16)26-11)5-6-25-22(28)17-10-20(27)30-19-9-13(29-2)3-4-15(17)19/h3-4,7-10,26H,5-6H2,1-2H3,(H,25,28). The van der Waals surface area contributed by atoms with Crippen LogP contribution >= 0.6 is 0 Å². The quantitative estimate of drug-likeness (QED) is 0.488. The van der Waals surface area contributed by atoms with Crippen LogP contribution in [0.15, 0.2) is 45.6 Å². The second kappa shape index (κ2) is 7.62. The van der Waals surface area contributed by atoms with E-state index in [9.17, 15) is 18.4 Å². The minimum absolute atomic E-state index is 0.177. The van der Waals surface area contributed by atoms with Gasteiger partial charge in [-0.15, -0.1) is 0 Å². The number of H-pyrrole nitrogens is 1.